The van der Waals surface area contributed by atoms with Crippen LogP contribution in [0.5, 0.6) is 0 Å². The number of carbonyl (C=O) groups is 1. The molecule has 0 radical (unpaired) electrons. The van der Waals surface area contributed by atoms with Crippen LogP contribution in [-0.2, 0) is 0 Å². The number of nitrogens with zero attached hydrogens (tertiary/aromatic N) is 1. The standard InChI is InChI=1S/C10H20N2O2/c1-9(11-10(13)14)8-12-6-4-2-3-5-7-12/h9,11H,2-8H2,1H3,(H,13,14). The SMILES string of the molecule is CC(CN1CCCCCC1)NC(=O)O. The highest BCUT2D eigenvalue weighted by Gasteiger charge is 2.13. The van der Waals surface area contributed by atoms with Crippen LogP contribution < -0.4 is 5.32 Å². The summed E-state index contributed by atoms with van der Waals surface area (Å²) in [4.78, 5) is 12.7. The molecule has 0 aromatic rings. The first kappa shape index (κ1) is 11.3. The Hall–Kier alpha value is -0.770. The molecule has 1 fully saturated rings. The van der Waals surface area contributed by atoms with E-state index >= 15 is 0 Å². The van der Waals surface area contributed by atoms with Crippen LogP contribution >= 0.6 is 0 Å². The number of amides is 1. The summed E-state index contributed by atoms with van der Waals surface area (Å²) >= 11 is 0. The lowest BCUT2D eigenvalue weighted by atomic mass is 10.2. The number of nitrogens with one attached hydrogen (secondary N) is 1. The highest BCUT2D eigenvalue weighted by Crippen LogP contribution is 2.09. The molecule has 82 valence electrons. The van der Waals surface area contributed by atoms with Gasteiger partial charge in [0.15, 0.2) is 0 Å². The van der Waals surface area contributed by atoms with Gasteiger partial charge in [0.2, 0.25) is 0 Å². The second-order valence-corrected chi connectivity index (χ2v) is 4.07. The fraction of sp³-hybridized carbons (Fsp3) is 0.900. The minimum Gasteiger partial charge on any atom is -0.465 e. The van der Waals surface area contributed by atoms with E-state index in [-0.39, 0.29) is 6.04 Å². The van der Waals surface area contributed by atoms with Crippen molar-refractivity contribution in [3.05, 3.63) is 0 Å². The molecule has 1 amide bonds. The smallest absolute Gasteiger partial charge is 0.404 e. The summed E-state index contributed by atoms with van der Waals surface area (Å²) in [5.74, 6) is 0. The first-order valence-electron chi connectivity index (χ1n) is 5.40. The van der Waals surface area contributed by atoms with Gasteiger partial charge in [0.05, 0.1) is 0 Å². The van der Waals surface area contributed by atoms with Crippen molar-refractivity contribution in [2.45, 2.75) is 38.6 Å². The van der Waals surface area contributed by atoms with Crippen molar-refractivity contribution >= 4 is 6.09 Å². The lowest BCUT2D eigenvalue weighted by molar-refractivity contribution is 0.183. The van der Waals surface area contributed by atoms with Gasteiger partial charge in [-0.1, -0.05) is 12.8 Å². The van der Waals surface area contributed by atoms with Crippen molar-refractivity contribution in [3.8, 4) is 0 Å². The van der Waals surface area contributed by atoms with E-state index in [4.69, 9.17) is 5.11 Å². The highest BCUT2D eigenvalue weighted by molar-refractivity contribution is 5.64. The Morgan fingerprint density at radius 1 is 1.36 bits per heavy atom. The maximum Gasteiger partial charge on any atom is 0.404 e. The molecule has 1 heterocycles. The maximum absolute atomic E-state index is 10.4. The van der Waals surface area contributed by atoms with Crippen LogP contribution in [0, 0.1) is 0 Å². The van der Waals surface area contributed by atoms with E-state index in [1.165, 1.54) is 25.7 Å². The first-order chi connectivity index (χ1) is 6.68. The molecule has 0 bridgehead atoms. The van der Waals surface area contributed by atoms with Crippen LogP contribution in [0.2, 0.25) is 0 Å². The van der Waals surface area contributed by atoms with E-state index in [0.29, 0.717) is 0 Å². The molecular formula is C10H20N2O2. The van der Waals surface area contributed by atoms with E-state index in [9.17, 15) is 4.79 Å². The molecule has 1 atom stereocenters. The molecule has 0 aromatic heterocycles. The quantitative estimate of drug-likeness (QED) is 0.726. The third-order valence-electron chi connectivity index (χ3n) is 2.60. The zero-order valence-corrected chi connectivity index (χ0v) is 8.83. The molecule has 0 spiro atoms. The molecule has 1 aliphatic rings. The molecule has 2 N–H and O–H groups in total. The summed E-state index contributed by atoms with van der Waals surface area (Å²) in [7, 11) is 0. The minimum atomic E-state index is -0.924. The molecule has 1 aliphatic heterocycles. The Morgan fingerprint density at radius 3 is 2.43 bits per heavy atom. The largest absolute Gasteiger partial charge is 0.465 e. The topological polar surface area (TPSA) is 52.6 Å². The summed E-state index contributed by atoms with van der Waals surface area (Å²) in [6, 6.07) is 0.0330. The molecule has 1 unspecified atom stereocenters. The summed E-state index contributed by atoms with van der Waals surface area (Å²) in [6.07, 6.45) is 4.21. The Bertz CT molecular complexity index is 177. The number of likely N-dealkylation sites (tertiary alicyclic amines) is 1. The molecule has 0 aliphatic carbocycles. The zero-order chi connectivity index (χ0) is 10.4. The van der Waals surface area contributed by atoms with Gasteiger partial charge in [-0.05, 0) is 32.9 Å². The minimum absolute atomic E-state index is 0.0330. The summed E-state index contributed by atoms with van der Waals surface area (Å²) < 4.78 is 0. The van der Waals surface area contributed by atoms with Crippen LogP contribution in [0.3, 0.4) is 0 Å². The van der Waals surface area contributed by atoms with Crippen molar-refractivity contribution in [3.63, 3.8) is 0 Å². The number of carboxylic acid groups (broad SMARTS) is 1. The van der Waals surface area contributed by atoms with Crippen molar-refractivity contribution in [1.82, 2.24) is 10.2 Å². The Labute approximate surface area is 85.3 Å². The van der Waals surface area contributed by atoms with E-state index in [1.54, 1.807) is 0 Å². The van der Waals surface area contributed by atoms with Gasteiger partial charge in [-0.25, -0.2) is 4.79 Å². The predicted molar refractivity (Wildman–Crippen MR) is 55.5 cm³/mol. The third kappa shape index (κ3) is 4.46. The Balaban J connectivity index is 2.23. The summed E-state index contributed by atoms with van der Waals surface area (Å²) in [5, 5.41) is 11.0. The maximum atomic E-state index is 10.4. The zero-order valence-electron chi connectivity index (χ0n) is 8.83. The van der Waals surface area contributed by atoms with Gasteiger partial charge in [-0.2, -0.15) is 0 Å². The average molecular weight is 200 g/mol. The monoisotopic (exact) mass is 200 g/mol. The molecule has 4 heteroatoms. The molecule has 0 aromatic carbocycles. The number of hydrogen-bond donors (Lipinski definition) is 2. The van der Waals surface area contributed by atoms with Crippen LogP contribution in [0.15, 0.2) is 0 Å². The van der Waals surface area contributed by atoms with Gasteiger partial charge in [-0.3, -0.25) is 0 Å². The molecule has 0 saturated carbocycles. The normalized spacial score (nSPS) is 21.2. The van der Waals surface area contributed by atoms with Gasteiger partial charge < -0.3 is 15.3 Å². The second-order valence-electron chi connectivity index (χ2n) is 4.07. The van der Waals surface area contributed by atoms with Gasteiger partial charge in [0.25, 0.3) is 0 Å². The van der Waals surface area contributed by atoms with E-state index in [0.717, 1.165) is 19.6 Å². The van der Waals surface area contributed by atoms with Crippen LogP contribution in [0.25, 0.3) is 0 Å². The lowest BCUT2D eigenvalue weighted by Gasteiger charge is -2.23. The highest BCUT2D eigenvalue weighted by atomic mass is 16.4. The average Bonchev–Trinajstić information content (AvgIpc) is 2.31. The second kappa shape index (κ2) is 5.86. The van der Waals surface area contributed by atoms with Crippen LogP contribution in [-0.4, -0.2) is 41.8 Å². The van der Waals surface area contributed by atoms with Gasteiger partial charge >= 0.3 is 6.09 Å². The van der Waals surface area contributed by atoms with Gasteiger partial charge in [0, 0.05) is 12.6 Å². The van der Waals surface area contributed by atoms with Crippen molar-refractivity contribution in [2.75, 3.05) is 19.6 Å². The summed E-state index contributed by atoms with van der Waals surface area (Å²) in [6.45, 7) is 4.99. The van der Waals surface area contributed by atoms with E-state index in [2.05, 4.69) is 10.2 Å². The number of hydrogen-bond acceptors (Lipinski definition) is 2. The summed E-state index contributed by atoms with van der Waals surface area (Å²) in [5.41, 5.74) is 0. The molecule has 14 heavy (non-hydrogen) atoms. The van der Waals surface area contributed by atoms with Gasteiger partial charge in [-0.15, -0.1) is 0 Å². The van der Waals surface area contributed by atoms with Crippen molar-refractivity contribution in [1.29, 1.82) is 0 Å². The van der Waals surface area contributed by atoms with Crippen LogP contribution in [0.1, 0.15) is 32.6 Å². The molecule has 1 rings (SSSR count). The third-order valence-corrected chi connectivity index (χ3v) is 2.60. The van der Waals surface area contributed by atoms with Crippen molar-refractivity contribution in [2.24, 2.45) is 0 Å². The molecular weight excluding hydrogens is 180 g/mol. The van der Waals surface area contributed by atoms with Crippen LogP contribution in [0.4, 0.5) is 4.79 Å². The van der Waals surface area contributed by atoms with E-state index in [1.807, 2.05) is 6.92 Å². The Kier molecular flexibility index (Phi) is 4.73. The molecule has 4 nitrogen and oxygen atoms in total. The fourth-order valence-electron chi connectivity index (χ4n) is 1.96. The number of rotatable bonds is 3. The molecule has 1 saturated heterocycles. The lowest BCUT2D eigenvalue weighted by Crippen LogP contribution is -2.41. The van der Waals surface area contributed by atoms with E-state index < -0.39 is 6.09 Å². The predicted octanol–water partition coefficient (Wildman–Crippen LogP) is 1.52. The Morgan fingerprint density at radius 2 is 1.93 bits per heavy atom. The van der Waals surface area contributed by atoms with Crippen molar-refractivity contribution < 1.29 is 9.90 Å². The fourth-order valence-corrected chi connectivity index (χ4v) is 1.96. The first-order valence-corrected chi connectivity index (χ1v) is 5.40. The van der Waals surface area contributed by atoms with Gasteiger partial charge in [0.1, 0.15) is 0 Å².